The van der Waals surface area contributed by atoms with E-state index in [4.69, 9.17) is 9.47 Å². The van der Waals surface area contributed by atoms with Crippen molar-refractivity contribution in [2.75, 3.05) is 24.3 Å². The molecule has 1 heterocycles. The lowest BCUT2D eigenvalue weighted by Crippen LogP contribution is -2.14. The molecule has 0 aliphatic heterocycles. The van der Waals surface area contributed by atoms with Crippen molar-refractivity contribution < 1.29 is 17.9 Å². The maximum atomic E-state index is 12.7. The molecule has 2 aromatic carbocycles. The van der Waals surface area contributed by atoms with Crippen LogP contribution in [-0.2, 0) is 16.6 Å². The van der Waals surface area contributed by atoms with Crippen LogP contribution in [0.1, 0.15) is 5.69 Å². The van der Waals surface area contributed by atoms with Crippen molar-refractivity contribution in [1.29, 1.82) is 0 Å². The number of rotatable bonds is 8. The molecule has 0 saturated carbocycles. The van der Waals surface area contributed by atoms with Gasteiger partial charge in [-0.05, 0) is 48.5 Å². The molecule has 0 radical (unpaired) electrons. The number of methoxy groups -OCH3 is 2. The zero-order chi connectivity index (χ0) is 20.0. The summed E-state index contributed by atoms with van der Waals surface area (Å²) in [7, 11) is -0.893. The average molecular weight is 399 g/mol. The lowest BCUT2D eigenvalue weighted by atomic mass is 10.3. The third-order valence-corrected chi connectivity index (χ3v) is 5.42. The van der Waals surface area contributed by atoms with Crippen LogP contribution in [0.25, 0.3) is 0 Å². The predicted octanol–water partition coefficient (Wildman–Crippen LogP) is 3.51. The van der Waals surface area contributed by atoms with Crippen LogP contribution < -0.4 is 19.5 Å². The Kier molecular flexibility index (Phi) is 6.00. The summed E-state index contributed by atoms with van der Waals surface area (Å²) in [5.74, 6) is 0.722. The number of hydrogen-bond acceptors (Lipinski definition) is 6. The molecule has 0 spiro atoms. The van der Waals surface area contributed by atoms with Gasteiger partial charge in [-0.2, -0.15) is 0 Å². The maximum absolute atomic E-state index is 12.7. The molecule has 0 amide bonds. The number of ether oxygens (including phenoxy) is 2. The van der Waals surface area contributed by atoms with Gasteiger partial charge >= 0.3 is 0 Å². The second kappa shape index (κ2) is 8.62. The number of aromatic nitrogens is 1. The summed E-state index contributed by atoms with van der Waals surface area (Å²) in [6.07, 6.45) is 1.74. The van der Waals surface area contributed by atoms with E-state index < -0.39 is 10.0 Å². The highest BCUT2D eigenvalue weighted by Crippen LogP contribution is 2.30. The Bertz CT molecular complexity index is 1020. The SMILES string of the molecule is COc1ccc(S(=O)(=O)Nc2ccc(NCc3ccccn3)cc2)c(OC)c1. The van der Waals surface area contributed by atoms with Crippen molar-refractivity contribution in [2.24, 2.45) is 0 Å². The monoisotopic (exact) mass is 399 g/mol. The van der Waals surface area contributed by atoms with Crippen molar-refractivity contribution in [3.8, 4) is 11.5 Å². The van der Waals surface area contributed by atoms with Gasteiger partial charge in [0.1, 0.15) is 16.4 Å². The van der Waals surface area contributed by atoms with Crippen molar-refractivity contribution in [3.05, 3.63) is 72.6 Å². The molecule has 0 saturated heterocycles. The Morgan fingerprint density at radius 3 is 2.32 bits per heavy atom. The number of pyridine rings is 1. The van der Waals surface area contributed by atoms with E-state index in [1.807, 2.05) is 18.2 Å². The van der Waals surface area contributed by atoms with Gasteiger partial charge in [0, 0.05) is 23.6 Å². The van der Waals surface area contributed by atoms with Gasteiger partial charge in [0.2, 0.25) is 0 Å². The van der Waals surface area contributed by atoms with Gasteiger partial charge in [0.15, 0.2) is 0 Å². The molecule has 1 aromatic heterocycles. The first kappa shape index (κ1) is 19.5. The molecule has 0 fully saturated rings. The lowest BCUT2D eigenvalue weighted by Gasteiger charge is -2.13. The smallest absolute Gasteiger partial charge is 0.265 e. The molecular formula is C20H21N3O4S. The fourth-order valence-electron chi connectivity index (χ4n) is 2.56. The first-order chi connectivity index (χ1) is 13.5. The predicted molar refractivity (Wildman–Crippen MR) is 108 cm³/mol. The van der Waals surface area contributed by atoms with E-state index in [1.54, 1.807) is 36.5 Å². The number of benzene rings is 2. The second-order valence-electron chi connectivity index (χ2n) is 5.87. The van der Waals surface area contributed by atoms with Crippen molar-refractivity contribution in [3.63, 3.8) is 0 Å². The van der Waals surface area contributed by atoms with Crippen molar-refractivity contribution in [1.82, 2.24) is 4.98 Å². The van der Waals surface area contributed by atoms with E-state index in [-0.39, 0.29) is 10.6 Å². The van der Waals surface area contributed by atoms with Crippen LogP contribution in [-0.4, -0.2) is 27.6 Å². The summed E-state index contributed by atoms with van der Waals surface area (Å²) in [6, 6.07) is 17.2. The van der Waals surface area contributed by atoms with Gasteiger partial charge in [0.25, 0.3) is 10.0 Å². The molecule has 3 aromatic rings. The fourth-order valence-corrected chi connectivity index (χ4v) is 3.77. The minimum atomic E-state index is -3.81. The Balaban J connectivity index is 1.71. The van der Waals surface area contributed by atoms with E-state index in [2.05, 4.69) is 15.0 Å². The molecule has 0 aliphatic rings. The van der Waals surface area contributed by atoms with Crippen LogP contribution in [0.15, 0.2) is 71.8 Å². The summed E-state index contributed by atoms with van der Waals surface area (Å²) in [6.45, 7) is 0.578. The normalized spacial score (nSPS) is 10.9. The third-order valence-electron chi connectivity index (χ3n) is 4.00. The van der Waals surface area contributed by atoms with E-state index in [0.29, 0.717) is 18.0 Å². The zero-order valence-electron chi connectivity index (χ0n) is 15.5. The molecule has 146 valence electrons. The van der Waals surface area contributed by atoms with Crippen LogP contribution in [0.2, 0.25) is 0 Å². The molecule has 2 N–H and O–H groups in total. The van der Waals surface area contributed by atoms with Crippen LogP contribution >= 0.6 is 0 Å². The second-order valence-corrected chi connectivity index (χ2v) is 7.53. The van der Waals surface area contributed by atoms with Crippen LogP contribution in [0, 0.1) is 0 Å². The molecule has 8 heteroatoms. The molecule has 0 atom stereocenters. The highest BCUT2D eigenvalue weighted by atomic mass is 32.2. The first-order valence-corrected chi connectivity index (χ1v) is 9.99. The largest absolute Gasteiger partial charge is 0.497 e. The summed E-state index contributed by atoms with van der Waals surface area (Å²) < 4.78 is 38.3. The van der Waals surface area contributed by atoms with Crippen LogP contribution in [0.4, 0.5) is 11.4 Å². The van der Waals surface area contributed by atoms with Crippen molar-refractivity contribution >= 4 is 21.4 Å². The van der Waals surface area contributed by atoms with E-state index in [0.717, 1.165) is 11.4 Å². The Morgan fingerprint density at radius 1 is 0.929 bits per heavy atom. The highest BCUT2D eigenvalue weighted by molar-refractivity contribution is 7.92. The van der Waals surface area contributed by atoms with E-state index in [1.165, 1.54) is 26.4 Å². The van der Waals surface area contributed by atoms with Gasteiger partial charge in [-0.25, -0.2) is 8.42 Å². The maximum Gasteiger partial charge on any atom is 0.265 e. The first-order valence-electron chi connectivity index (χ1n) is 8.50. The van der Waals surface area contributed by atoms with Crippen LogP contribution in [0.3, 0.4) is 0 Å². The van der Waals surface area contributed by atoms with Gasteiger partial charge in [0.05, 0.1) is 26.5 Å². The molecule has 0 bridgehead atoms. The topological polar surface area (TPSA) is 89.6 Å². The van der Waals surface area contributed by atoms with E-state index >= 15 is 0 Å². The molecule has 0 unspecified atom stereocenters. The Morgan fingerprint density at radius 2 is 1.68 bits per heavy atom. The number of sulfonamides is 1. The number of hydrogen-bond donors (Lipinski definition) is 2. The average Bonchev–Trinajstić information content (AvgIpc) is 2.73. The molecule has 3 rings (SSSR count). The molecule has 7 nitrogen and oxygen atoms in total. The lowest BCUT2D eigenvalue weighted by molar-refractivity contribution is 0.386. The minimum Gasteiger partial charge on any atom is -0.497 e. The Hall–Kier alpha value is -3.26. The summed E-state index contributed by atoms with van der Waals surface area (Å²) >= 11 is 0. The molecule has 0 aliphatic carbocycles. The van der Waals surface area contributed by atoms with Crippen LogP contribution in [0.5, 0.6) is 11.5 Å². The minimum absolute atomic E-state index is 0.0353. The van der Waals surface area contributed by atoms with Crippen molar-refractivity contribution in [2.45, 2.75) is 11.4 Å². The number of nitrogens with zero attached hydrogens (tertiary/aromatic N) is 1. The van der Waals surface area contributed by atoms with E-state index in [9.17, 15) is 8.42 Å². The third kappa shape index (κ3) is 4.72. The van der Waals surface area contributed by atoms with Gasteiger partial charge in [-0.3, -0.25) is 9.71 Å². The quantitative estimate of drug-likeness (QED) is 0.602. The molecular weight excluding hydrogens is 378 g/mol. The summed E-state index contributed by atoms with van der Waals surface area (Å²) in [4.78, 5) is 4.28. The standard InChI is InChI=1S/C20H21N3O4S/c1-26-18-10-11-20(19(13-18)27-2)28(24,25)23-16-8-6-15(7-9-16)22-14-17-5-3-4-12-21-17/h3-13,22-23H,14H2,1-2H3. The highest BCUT2D eigenvalue weighted by Gasteiger charge is 2.20. The fraction of sp³-hybridized carbons (Fsp3) is 0.150. The number of anilines is 2. The Labute approximate surface area is 164 Å². The zero-order valence-corrected chi connectivity index (χ0v) is 16.4. The number of nitrogens with one attached hydrogen (secondary N) is 2. The van der Waals surface area contributed by atoms with Gasteiger partial charge in [-0.1, -0.05) is 6.07 Å². The van der Waals surface area contributed by atoms with Gasteiger partial charge in [-0.15, -0.1) is 0 Å². The van der Waals surface area contributed by atoms with Gasteiger partial charge < -0.3 is 14.8 Å². The molecule has 28 heavy (non-hydrogen) atoms. The summed E-state index contributed by atoms with van der Waals surface area (Å²) in [5, 5.41) is 3.24. The summed E-state index contributed by atoms with van der Waals surface area (Å²) in [5.41, 5.74) is 2.22.